The molecule has 0 spiro atoms. The third-order valence-electron chi connectivity index (χ3n) is 2.79. The van der Waals surface area contributed by atoms with Gasteiger partial charge in [-0.1, -0.05) is 30.3 Å². The molecule has 1 amide bonds. The third-order valence-corrected chi connectivity index (χ3v) is 2.79. The minimum Gasteiger partial charge on any atom is -0.383 e. The molecule has 3 nitrogen and oxygen atoms in total. The van der Waals surface area contributed by atoms with Crippen molar-refractivity contribution in [2.75, 3.05) is 6.54 Å². The second kappa shape index (κ2) is 5.53. The van der Waals surface area contributed by atoms with Crippen molar-refractivity contribution in [1.82, 2.24) is 10.6 Å². The Morgan fingerprint density at radius 1 is 1.18 bits per heavy atom. The van der Waals surface area contributed by atoms with Gasteiger partial charge in [0.2, 0.25) is 5.91 Å². The molecule has 1 saturated carbocycles. The molecule has 0 aromatic heterocycles. The van der Waals surface area contributed by atoms with Crippen LogP contribution in [-0.4, -0.2) is 12.5 Å². The van der Waals surface area contributed by atoms with Crippen LogP contribution in [-0.2, 0) is 11.3 Å². The van der Waals surface area contributed by atoms with Crippen LogP contribution in [0.5, 0.6) is 0 Å². The van der Waals surface area contributed by atoms with Crippen molar-refractivity contribution < 1.29 is 4.79 Å². The largest absolute Gasteiger partial charge is 0.383 e. The fraction of sp³-hybridized carbons (Fsp3) is 0.357. The topological polar surface area (TPSA) is 41.1 Å². The summed E-state index contributed by atoms with van der Waals surface area (Å²) in [5, 5.41) is 6.26. The van der Waals surface area contributed by atoms with Gasteiger partial charge in [0.15, 0.2) is 0 Å². The summed E-state index contributed by atoms with van der Waals surface area (Å²) in [6.07, 6.45) is 2.33. The van der Waals surface area contributed by atoms with Crippen LogP contribution in [0.2, 0.25) is 0 Å². The molecule has 1 aromatic carbocycles. The predicted molar refractivity (Wildman–Crippen MR) is 68.2 cm³/mol. The molecule has 0 atom stereocenters. The molecule has 1 aliphatic carbocycles. The van der Waals surface area contributed by atoms with Crippen molar-refractivity contribution in [2.45, 2.75) is 26.3 Å². The minimum atomic E-state index is 0.0188. The lowest BCUT2D eigenvalue weighted by Gasteiger charge is -2.11. The van der Waals surface area contributed by atoms with E-state index in [9.17, 15) is 4.79 Å². The maximum Gasteiger partial charge on any atom is 0.217 e. The van der Waals surface area contributed by atoms with E-state index in [0.29, 0.717) is 6.54 Å². The maximum absolute atomic E-state index is 10.9. The summed E-state index contributed by atoms with van der Waals surface area (Å²) < 4.78 is 0. The smallest absolute Gasteiger partial charge is 0.217 e. The average molecular weight is 230 g/mol. The van der Waals surface area contributed by atoms with Crippen LogP contribution in [0, 0.1) is 0 Å². The molecule has 3 heteroatoms. The standard InChI is InChI=1S/C14H18N2O/c1-11(17)15-10-14(13-7-8-13)16-9-12-5-3-2-4-6-12/h2-6,16H,7-10H2,1H3,(H,15,17). The Bertz CT molecular complexity index is 417. The van der Waals surface area contributed by atoms with Crippen molar-refractivity contribution in [1.29, 1.82) is 0 Å². The Morgan fingerprint density at radius 2 is 1.88 bits per heavy atom. The van der Waals surface area contributed by atoms with Gasteiger partial charge in [-0.25, -0.2) is 0 Å². The normalized spacial score (nSPS) is 13.1. The van der Waals surface area contributed by atoms with Gasteiger partial charge in [0.1, 0.15) is 0 Å². The molecule has 0 unspecified atom stereocenters. The van der Waals surface area contributed by atoms with Gasteiger partial charge < -0.3 is 10.6 Å². The fourth-order valence-corrected chi connectivity index (χ4v) is 1.69. The van der Waals surface area contributed by atoms with E-state index in [-0.39, 0.29) is 5.91 Å². The molecule has 0 heterocycles. The first-order valence-corrected chi connectivity index (χ1v) is 5.99. The molecule has 2 rings (SSSR count). The molecule has 1 fully saturated rings. The zero-order chi connectivity index (χ0) is 12.1. The van der Waals surface area contributed by atoms with Gasteiger partial charge in [0, 0.05) is 19.2 Å². The molecule has 0 bridgehead atoms. The summed E-state index contributed by atoms with van der Waals surface area (Å²) in [6, 6.07) is 10.3. The first-order valence-electron chi connectivity index (χ1n) is 5.99. The number of carbonyl (C=O) groups excluding carboxylic acids is 1. The van der Waals surface area contributed by atoms with Crippen molar-refractivity contribution in [3.63, 3.8) is 0 Å². The van der Waals surface area contributed by atoms with Crippen LogP contribution >= 0.6 is 0 Å². The lowest BCUT2D eigenvalue weighted by Crippen LogP contribution is -2.28. The van der Waals surface area contributed by atoms with Crippen molar-refractivity contribution >= 4 is 5.91 Å². The van der Waals surface area contributed by atoms with E-state index in [2.05, 4.69) is 22.8 Å². The third kappa shape index (κ3) is 3.94. The number of rotatable bonds is 5. The van der Waals surface area contributed by atoms with Crippen LogP contribution in [0.25, 0.3) is 0 Å². The number of carbonyl (C=O) groups is 1. The lowest BCUT2D eigenvalue weighted by molar-refractivity contribution is -0.118. The van der Waals surface area contributed by atoms with Gasteiger partial charge >= 0.3 is 0 Å². The second-order valence-corrected chi connectivity index (χ2v) is 4.33. The monoisotopic (exact) mass is 230 g/mol. The summed E-state index contributed by atoms with van der Waals surface area (Å²) in [7, 11) is 0. The van der Waals surface area contributed by atoms with Gasteiger partial charge in [-0.2, -0.15) is 0 Å². The van der Waals surface area contributed by atoms with E-state index >= 15 is 0 Å². The molecular formula is C14H18N2O. The van der Waals surface area contributed by atoms with E-state index in [4.69, 9.17) is 0 Å². The van der Waals surface area contributed by atoms with E-state index in [0.717, 1.165) is 19.4 Å². The SMILES string of the molecule is CC(=O)NCC(NCc1ccccc1)=C1CC1. The highest BCUT2D eigenvalue weighted by Crippen LogP contribution is 2.30. The molecule has 0 radical (unpaired) electrons. The molecular weight excluding hydrogens is 212 g/mol. The molecule has 0 saturated heterocycles. The Hall–Kier alpha value is -1.77. The summed E-state index contributed by atoms with van der Waals surface area (Å²) in [5.74, 6) is 0.0188. The van der Waals surface area contributed by atoms with Crippen LogP contribution < -0.4 is 10.6 Å². The van der Waals surface area contributed by atoms with E-state index < -0.39 is 0 Å². The van der Waals surface area contributed by atoms with Gasteiger partial charge in [-0.3, -0.25) is 4.79 Å². The summed E-state index contributed by atoms with van der Waals surface area (Å²) >= 11 is 0. The minimum absolute atomic E-state index is 0.0188. The number of nitrogens with one attached hydrogen (secondary N) is 2. The number of benzene rings is 1. The zero-order valence-electron chi connectivity index (χ0n) is 10.1. The highest BCUT2D eigenvalue weighted by atomic mass is 16.1. The Morgan fingerprint density at radius 3 is 2.47 bits per heavy atom. The first-order chi connectivity index (χ1) is 8.25. The predicted octanol–water partition coefficient (Wildman–Crippen LogP) is 1.96. The average Bonchev–Trinajstić information content (AvgIpc) is 3.14. The lowest BCUT2D eigenvalue weighted by atomic mass is 10.2. The number of hydrogen-bond donors (Lipinski definition) is 2. The number of amides is 1. The first kappa shape index (κ1) is 11.7. The Kier molecular flexibility index (Phi) is 3.81. The molecule has 90 valence electrons. The van der Waals surface area contributed by atoms with Gasteiger partial charge in [0.25, 0.3) is 0 Å². The Labute approximate surface area is 102 Å². The molecule has 2 N–H and O–H groups in total. The number of hydrogen-bond acceptors (Lipinski definition) is 2. The summed E-state index contributed by atoms with van der Waals surface area (Å²) in [6.45, 7) is 2.99. The number of allylic oxidation sites excluding steroid dienone is 1. The van der Waals surface area contributed by atoms with Gasteiger partial charge in [-0.15, -0.1) is 0 Å². The van der Waals surface area contributed by atoms with Crippen LogP contribution in [0.1, 0.15) is 25.3 Å². The molecule has 17 heavy (non-hydrogen) atoms. The van der Waals surface area contributed by atoms with E-state index in [1.165, 1.54) is 16.8 Å². The van der Waals surface area contributed by atoms with Crippen molar-refractivity contribution in [3.8, 4) is 0 Å². The zero-order valence-corrected chi connectivity index (χ0v) is 10.1. The van der Waals surface area contributed by atoms with E-state index in [1.54, 1.807) is 6.92 Å². The fourth-order valence-electron chi connectivity index (χ4n) is 1.69. The van der Waals surface area contributed by atoms with Gasteiger partial charge in [-0.05, 0) is 24.0 Å². The highest BCUT2D eigenvalue weighted by Gasteiger charge is 2.17. The second-order valence-electron chi connectivity index (χ2n) is 4.33. The molecule has 1 aliphatic rings. The summed E-state index contributed by atoms with van der Waals surface area (Å²) in [5.41, 5.74) is 3.88. The van der Waals surface area contributed by atoms with Crippen LogP contribution in [0.4, 0.5) is 0 Å². The molecule has 1 aromatic rings. The van der Waals surface area contributed by atoms with Crippen LogP contribution in [0.15, 0.2) is 41.6 Å². The van der Waals surface area contributed by atoms with Crippen LogP contribution in [0.3, 0.4) is 0 Å². The van der Waals surface area contributed by atoms with Crippen molar-refractivity contribution in [2.24, 2.45) is 0 Å². The van der Waals surface area contributed by atoms with Gasteiger partial charge in [0.05, 0.1) is 6.54 Å². The highest BCUT2D eigenvalue weighted by molar-refractivity contribution is 5.73. The van der Waals surface area contributed by atoms with Crippen molar-refractivity contribution in [3.05, 3.63) is 47.2 Å². The van der Waals surface area contributed by atoms with E-state index in [1.807, 2.05) is 18.2 Å². The molecule has 0 aliphatic heterocycles. The summed E-state index contributed by atoms with van der Waals surface area (Å²) in [4.78, 5) is 10.9. The maximum atomic E-state index is 10.9. The Balaban J connectivity index is 1.87. The quantitative estimate of drug-likeness (QED) is 0.812.